The van der Waals surface area contributed by atoms with E-state index in [9.17, 15) is 14.7 Å². The number of ether oxygens (including phenoxy) is 1. The van der Waals surface area contributed by atoms with E-state index in [0.29, 0.717) is 6.61 Å². The van der Waals surface area contributed by atoms with Gasteiger partial charge in [-0.1, -0.05) is 0 Å². The van der Waals surface area contributed by atoms with Crippen molar-refractivity contribution in [3.05, 3.63) is 0 Å². The largest absolute Gasteiger partial charge is 0.481 e. The van der Waals surface area contributed by atoms with Crippen LogP contribution in [0, 0.1) is 5.41 Å². The monoisotopic (exact) mass is 274 g/mol. The normalized spacial score (nSPS) is 13.8. The van der Waals surface area contributed by atoms with Gasteiger partial charge in [-0.05, 0) is 34.6 Å². The molecule has 0 aliphatic heterocycles. The molecule has 0 saturated heterocycles. The lowest BCUT2D eigenvalue weighted by molar-refractivity contribution is -0.150. The first-order chi connectivity index (χ1) is 8.47. The van der Waals surface area contributed by atoms with Gasteiger partial charge in [0.2, 0.25) is 0 Å². The first kappa shape index (κ1) is 17.7. The van der Waals surface area contributed by atoms with E-state index in [1.807, 2.05) is 6.92 Å². The lowest BCUT2D eigenvalue weighted by Crippen LogP contribution is -2.60. The molecule has 0 aliphatic carbocycles. The number of nitrogens with one attached hydrogen (secondary N) is 1. The summed E-state index contributed by atoms with van der Waals surface area (Å²) >= 11 is 0. The maximum absolute atomic E-state index is 12.1. The summed E-state index contributed by atoms with van der Waals surface area (Å²) in [5, 5.41) is 12.0. The maximum Gasteiger partial charge on any atom is 0.317 e. The van der Waals surface area contributed by atoms with Crippen LogP contribution in [-0.2, 0) is 9.53 Å². The highest BCUT2D eigenvalue weighted by molar-refractivity contribution is 5.79. The Morgan fingerprint density at radius 3 is 2.16 bits per heavy atom. The summed E-state index contributed by atoms with van der Waals surface area (Å²) < 4.78 is 4.99. The van der Waals surface area contributed by atoms with E-state index < -0.39 is 16.9 Å². The maximum atomic E-state index is 12.1. The molecule has 0 aliphatic rings. The van der Waals surface area contributed by atoms with Gasteiger partial charge in [-0.3, -0.25) is 4.79 Å². The average Bonchev–Trinajstić information content (AvgIpc) is 2.27. The summed E-state index contributed by atoms with van der Waals surface area (Å²) in [6, 6.07) is -0.405. The van der Waals surface area contributed by atoms with Crippen molar-refractivity contribution in [2.24, 2.45) is 5.41 Å². The van der Waals surface area contributed by atoms with Crippen molar-refractivity contribution in [2.45, 2.75) is 46.2 Å². The number of carbonyl (C=O) groups is 2. The highest BCUT2D eigenvalue weighted by Gasteiger charge is 2.45. The smallest absolute Gasteiger partial charge is 0.317 e. The second kappa shape index (κ2) is 6.23. The number of hydrogen-bond donors (Lipinski definition) is 2. The quantitative estimate of drug-likeness (QED) is 0.770. The van der Waals surface area contributed by atoms with Crippen LogP contribution >= 0.6 is 0 Å². The van der Waals surface area contributed by atoms with Gasteiger partial charge in [-0.25, -0.2) is 4.79 Å². The summed E-state index contributed by atoms with van der Waals surface area (Å²) in [7, 11) is 3.22. The van der Waals surface area contributed by atoms with Crippen LogP contribution in [0.25, 0.3) is 0 Å². The number of amides is 2. The van der Waals surface area contributed by atoms with Crippen molar-refractivity contribution in [2.75, 3.05) is 20.8 Å². The van der Waals surface area contributed by atoms with Crippen LogP contribution in [0.5, 0.6) is 0 Å². The minimum absolute atomic E-state index is 0.0891. The van der Waals surface area contributed by atoms with Crippen molar-refractivity contribution in [1.29, 1.82) is 0 Å². The van der Waals surface area contributed by atoms with E-state index in [1.165, 1.54) is 4.90 Å². The highest BCUT2D eigenvalue weighted by Crippen LogP contribution is 2.30. The minimum atomic E-state index is -1.08. The van der Waals surface area contributed by atoms with E-state index in [0.717, 1.165) is 0 Å². The molecule has 0 heterocycles. The Balaban J connectivity index is 4.85. The molecule has 0 spiro atoms. The standard InChI is InChI=1S/C13H26N2O4/c1-9(8-19-7)15(6)11(18)14-13(4,5)12(2,3)10(16)17/h9H,8H2,1-7H3,(H,14,18)(H,16,17). The molecule has 2 N–H and O–H groups in total. The first-order valence-electron chi connectivity index (χ1n) is 6.24. The zero-order valence-electron chi connectivity index (χ0n) is 12.9. The van der Waals surface area contributed by atoms with Crippen LogP contribution in [0.15, 0.2) is 0 Å². The van der Waals surface area contributed by atoms with Gasteiger partial charge in [0.1, 0.15) is 0 Å². The van der Waals surface area contributed by atoms with E-state index >= 15 is 0 Å². The highest BCUT2D eigenvalue weighted by atomic mass is 16.5. The molecule has 0 fully saturated rings. The number of rotatable bonds is 6. The van der Waals surface area contributed by atoms with Crippen molar-refractivity contribution >= 4 is 12.0 Å². The summed E-state index contributed by atoms with van der Waals surface area (Å²) in [5.41, 5.74) is -1.95. The van der Waals surface area contributed by atoms with Crippen LogP contribution < -0.4 is 5.32 Å². The molecular weight excluding hydrogens is 248 g/mol. The second-order valence-electron chi connectivity index (χ2n) is 5.90. The number of nitrogens with zero attached hydrogens (tertiary/aromatic N) is 1. The predicted molar refractivity (Wildman–Crippen MR) is 73.1 cm³/mol. The van der Waals surface area contributed by atoms with E-state index in [2.05, 4.69) is 5.32 Å². The molecule has 0 aromatic rings. The molecule has 0 bridgehead atoms. The minimum Gasteiger partial charge on any atom is -0.481 e. The third-order valence-corrected chi connectivity index (χ3v) is 3.91. The molecule has 2 amide bonds. The molecule has 6 heteroatoms. The number of aliphatic carboxylic acids is 1. The Morgan fingerprint density at radius 1 is 1.32 bits per heavy atom. The van der Waals surface area contributed by atoms with E-state index in [4.69, 9.17) is 4.74 Å². The molecule has 6 nitrogen and oxygen atoms in total. The number of carboxylic acids is 1. The number of carbonyl (C=O) groups excluding carboxylic acids is 1. The second-order valence-corrected chi connectivity index (χ2v) is 5.90. The topological polar surface area (TPSA) is 78.9 Å². The number of carboxylic acid groups (broad SMARTS) is 1. The predicted octanol–water partition coefficient (Wildman–Crippen LogP) is 1.55. The Labute approximate surface area is 115 Å². The van der Waals surface area contributed by atoms with E-state index in [-0.39, 0.29) is 12.1 Å². The fraction of sp³-hybridized carbons (Fsp3) is 0.846. The molecule has 19 heavy (non-hydrogen) atoms. The lowest BCUT2D eigenvalue weighted by atomic mass is 9.74. The van der Waals surface area contributed by atoms with E-state index in [1.54, 1.807) is 41.9 Å². The van der Waals surface area contributed by atoms with Gasteiger partial charge in [-0.2, -0.15) is 0 Å². The Kier molecular flexibility index (Phi) is 5.81. The summed E-state index contributed by atoms with van der Waals surface area (Å²) in [5.74, 6) is -0.953. The van der Waals surface area contributed by atoms with Crippen LogP contribution in [0.3, 0.4) is 0 Å². The number of urea groups is 1. The molecule has 1 atom stereocenters. The Bertz CT molecular complexity index is 340. The number of hydrogen-bond acceptors (Lipinski definition) is 3. The molecule has 0 aromatic heterocycles. The van der Waals surface area contributed by atoms with Crippen molar-refractivity contribution < 1.29 is 19.4 Å². The van der Waals surface area contributed by atoms with Crippen LogP contribution in [-0.4, -0.2) is 54.4 Å². The molecule has 0 rings (SSSR count). The molecule has 0 saturated carbocycles. The first-order valence-corrected chi connectivity index (χ1v) is 6.24. The molecule has 1 unspecified atom stereocenters. The third kappa shape index (κ3) is 4.09. The zero-order valence-corrected chi connectivity index (χ0v) is 12.9. The number of likely N-dealkylation sites (N-methyl/N-ethyl adjacent to an activating group) is 1. The summed E-state index contributed by atoms with van der Waals surface area (Å²) in [6.45, 7) is 8.87. The fourth-order valence-electron chi connectivity index (χ4n) is 1.33. The summed E-state index contributed by atoms with van der Waals surface area (Å²) in [6.07, 6.45) is 0. The fourth-order valence-corrected chi connectivity index (χ4v) is 1.33. The number of methoxy groups -OCH3 is 1. The van der Waals surface area contributed by atoms with Crippen molar-refractivity contribution in [3.63, 3.8) is 0 Å². The van der Waals surface area contributed by atoms with Gasteiger partial charge >= 0.3 is 12.0 Å². The SMILES string of the molecule is COCC(C)N(C)C(=O)NC(C)(C)C(C)(C)C(=O)O. The summed E-state index contributed by atoms with van der Waals surface area (Å²) in [4.78, 5) is 24.9. The van der Waals surface area contributed by atoms with Gasteiger partial charge in [0.05, 0.1) is 23.6 Å². The van der Waals surface area contributed by atoms with Gasteiger partial charge < -0.3 is 20.1 Å². The lowest BCUT2D eigenvalue weighted by Gasteiger charge is -2.40. The van der Waals surface area contributed by atoms with Gasteiger partial charge in [0.15, 0.2) is 0 Å². The van der Waals surface area contributed by atoms with Gasteiger partial charge in [-0.15, -0.1) is 0 Å². The Morgan fingerprint density at radius 2 is 1.79 bits per heavy atom. The molecule has 0 radical (unpaired) electrons. The van der Waals surface area contributed by atoms with Gasteiger partial charge in [0.25, 0.3) is 0 Å². The van der Waals surface area contributed by atoms with Crippen molar-refractivity contribution in [3.8, 4) is 0 Å². The van der Waals surface area contributed by atoms with Gasteiger partial charge in [0, 0.05) is 14.2 Å². The van der Waals surface area contributed by atoms with Crippen molar-refractivity contribution in [1.82, 2.24) is 10.2 Å². The van der Waals surface area contributed by atoms with Crippen LogP contribution in [0.1, 0.15) is 34.6 Å². The zero-order chi connectivity index (χ0) is 15.4. The van der Waals surface area contributed by atoms with Crippen LogP contribution in [0.4, 0.5) is 4.79 Å². The Hall–Kier alpha value is -1.30. The molecule has 112 valence electrons. The average molecular weight is 274 g/mol. The van der Waals surface area contributed by atoms with Crippen LogP contribution in [0.2, 0.25) is 0 Å². The molecular formula is C13H26N2O4. The molecule has 0 aromatic carbocycles. The third-order valence-electron chi connectivity index (χ3n) is 3.91.